The number of fused-ring (bicyclic) bond motifs is 1. The highest BCUT2D eigenvalue weighted by molar-refractivity contribution is 5.85. The minimum absolute atomic E-state index is 0. The second kappa shape index (κ2) is 3.79. The number of benzene rings is 1. The number of H-pyrrole nitrogens is 1. The van der Waals surface area contributed by atoms with E-state index in [2.05, 4.69) is 10.2 Å². The predicted octanol–water partition coefficient (Wildman–Crippen LogP) is 2.32. The highest BCUT2D eigenvalue weighted by Crippen LogP contribution is 2.25. The van der Waals surface area contributed by atoms with Gasteiger partial charge in [-0.1, -0.05) is 12.1 Å². The van der Waals surface area contributed by atoms with E-state index in [1.54, 1.807) is 6.07 Å². The van der Waals surface area contributed by atoms with Gasteiger partial charge in [0, 0.05) is 5.39 Å². The molecule has 0 fully saturated rings. The van der Waals surface area contributed by atoms with Crippen molar-refractivity contribution in [2.75, 3.05) is 0 Å². The summed E-state index contributed by atoms with van der Waals surface area (Å²) in [6.07, 6.45) is 0. The molecule has 2 aromatic rings. The number of nitrogens with two attached hydrogens (primary N) is 1. The standard InChI is InChI=1S/C10H12FN3.ClH/c1-10(2,12)9-6-4-3-5-7(11)8(6)13-14-9;/h3-5H,12H2,1-2H3,(H,13,14);1H. The van der Waals surface area contributed by atoms with E-state index in [1.165, 1.54) is 6.07 Å². The largest absolute Gasteiger partial charge is 0.321 e. The zero-order valence-electron chi connectivity index (χ0n) is 8.54. The van der Waals surface area contributed by atoms with Gasteiger partial charge in [-0.15, -0.1) is 12.4 Å². The number of rotatable bonds is 1. The third kappa shape index (κ3) is 1.96. The lowest BCUT2D eigenvalue weighted by Gasteiger charge is -2.16. The third-order valence-electron chi connectivity index (χ3n) is 2.18. The molecule has 5 heteroatoms. The number of nitrogens with zero attached hydrogens (tertiary/aromatic N) is 1. The minimum atomic E-state index is -0.539. The first-order valence-corrected chi connectivity index (χ1v) is 4.42. The average Bonchev–Trinajstić information content (AvgIpc) is 2.47. The van der Waals surface area contributed by atoms with Gasteiger partial charge in [0.25, 0.3) is 0 Å². The maximum absolute atomic E-state index is 13.3. The van der Waals surface area contributed by atoms with Crippen LogP contribution in [0.1, 0.15) is 19.5 Å². The van der Waals surface area contributed by atoms with Gasteiger partial charge < -0.3 is 5.73 Å². The Bertz CT molecular complexity index is 473. The summed E-state index contributed by atoms with van der Waals surface area (Å²) in [5.41, 5.74) is 6.49. The van der Waals surface area contributed by atoms with Crippen LogP contribution >= 0.6 is 12.4 Å². The van der Waals surface area contributed by atoms with Crippen LogP contribution in [0.3, 0.4) is 0 Å². The summed E-state index contributed by atoms with van der Waals surface area (Å²) >= 11 is 0. The molecule has 1 aromatic heterocycles. The van der Waals surface area contributed by atoms with Crippen LogP contribution in [0.15, 0.2) is 18.2 Å². The van der Waals surface area contributed by atoms with Gasteiger partial charge in [0.2, 0.25) is 0 Å². The van der Waals surface area contributed by atoms with E-state index in [0.717, 1.165) is 11.1 Å². The van der Waals surface area contributed by atoms with E-state index in [4.69, 9.17) is 5.73 Å². The quantitative estimate of drug-likeness (QED) is 0.789. The summed E-state index contributed by atoms with van der Waals surface area (Å²) in [5, 5.41) is 7.43. The van der Waals surface area contributed by atoms with Crippen molar-refractivity contribution >= 4 is 23.3 Å². The predicted molar refractivity (Wildman–Crippen MR) is 60.5 cm³/mol. The minimum Gasteiger partial charge on any atom is -0.321 e. The van der Waals surface area contributed by atoms with Crippen LogP contribution < -0.4 is 5.73 Å². The molecule has 3 N–H and O–H groups in total. The summed E-state index contributed by atoms with van der Waals surface area (Å²) in [6.45, 7) is 3.70. The normalized spacial score (nSPS) is 11.5. The topological polar surface area (TPSA) is 54.7 Å². The van der Waals surface area contributed by atoms with Crippen molar-refractivity contribution in [3.05, 3.63) is 29.7 Å². The van der Waals surface area contributed by atoms with Crippen LogP contribution in [-0.2, 0) is 5.54 Å². The van der Waals surface area contributed by atoms with Crippen molar-refractivity contribution in [3.8, 4) is 0 Å². The monoisotopic (exact) mass is 229 g/mol. The number of aromatic nitrogens is 2. The van der Waals surface area contributed by atoms with Crippen LogP contribution in [0.5, 0.6) is 0 Å². The fraction of sp³-hybridized carbons (Fsp3) is 0.300. The summed E-state index contributed by atoms with van der Waals surface area (Å²) in [5.74, 6) is -0.325. The van der Waals surface area contributed by atoms with E-state index < -0.39 is 5.54 Å². The van der Waals surface area contributed by atoms with Crippen LogP contribution in [-0.4, -0.2) is 10.2 Å². The van der Waals surface area contributed by atoms with Gasteiger partial charge >= 0.3 is 0 Å². The average molecular weight is 230 g/mol. The number of para-hydroxylation sites is 1. The lowest BCUT2D eigenvalue weighted by molar-refractivity contribution is 0.538. The molecule has 1 aromatic carbocycles. The first-order chi connectivity index (χ1) is 6.50. The SMILES string of the molecule is CC(C)(N)c1[nH]nc2c(F)cccc12.Cl. The van der Waals surface area contributed by atoms with Crippen molar-refractivity contribution in [3.63, 3.8) is 0 Å². The number of halogens is 2. The van der Waals surface area contributed by atoms with E-state index in [0.29, 0.717) is 5.52 Å². The molecule has 0 saturated heterocycles. The molecule has 0 saturated carbocycles. The van der Waals surface area contributed by atoms with E-state index in [9.17, 15) is 4.39 Å². The van der Waals surface area contributed by atoms with Crippen molar-refractivity contribution in [1.29, 1.82) is 0 Å². The number of hydrogen-bond donors (Lipinski definition) is 2. The second-order valence-corrected chi connectivity index (χ2v) is 3.96. The smallest absolute Gasteiger partial charge is 0.151 e. The van der Waals surface area contributed by atoms with Gasteiger partial charge in [-0.05, 0) is 19.9 Å². The Labute approximate surface area is 93.3 Å². The lowest BCUT2D eigenvalue weighted by atomic mass is 9.99. The first kappa shape index (κ1) is 11.9. The van der Waals surface area contributed by atoms with Gasteiger partial charge in [-0.3, -0.25) is 5.10 Å². The van der Waals surface area contributed by atoms with Gasteiger partial charge in [0.15, 0.2) is 5.82 Å². The van der Waals surface area contributed by atoms with Crippen molar-refractivity contribution in [2.24, 2.45) is 5.73 Å². The highest BCUT2D eigenvalue weighted by Gasteiger charge is 2.20. The zero-order chi connectivity index (χ0) is 10.3. The summed E-state index contributed by atoms with van der Waals surface area (Å²) in [6, 6.07) is 4.85. The Balaban J connectivity index is 0.00000112. The van der Waals surface area contributed by atoms with Crippen molar-refractivity contribution < 1.29 is 4.39 Å². The molecular formula is C10H13ClFN3. The molecule has 0 aliphatic heterocycles. The Morgan fingerprint density at radius 3 is 2.67 bits per heavy atom. The Hall–Kier alpha value is -1.13. The van der Waals surface area contributed by atoms with Gasteiger partial charge in [0.1, 0.15) is 5.52 Å². The lowest BCUT2D eigenvalue weighted by Crippen LogP contribution is -2.29. The van der Waals surface area contributed by atoms with Gasteiger partial charge in [0.05, 0.1) is 11.2 Å². The maximum atomic E-state index is 13.3. The first-order valence-electron chi connectivity index (χ1n) is 4.42. The molecule has 82 valence electrons. The summed E-state index contributed by atoms with van der Waals surface area (Å²) < 4.78 is 13.3. The Morgan fingerprint density at radius 1 is 1.40 bits per heavy atom. The van der Waals surface area contributed by atoms with Gasteiger partial charge in [-0.2, -0.15) is 5.10 Å². The van der Waals surface area contributed by atoms with Crippen molar-refractivity contribution in [1.82, 2.24) is 10.2 Å². The van der Waals surface area contributed by atoms with Crippen molar-refractivity contribution in [2.45, 2.75) is 19.4 Å². The molecule has 0 aliphatic carbocycles. The molecule has 2 rings (SSSR count). The maximum Gasteiger partial charge on any atom is 0.151 e. The fourth-order valence-electron chi connectivity index (χ4n) is 1.49. The van der Waals surface area contributed by atoms with Crippen LogP contribution in [0, 0.1) is 5.82 Å². The molecule has 3 nitrogen and oxygen atoms in total. The molecule has 0 unspecified atom stereocenters. The molecule has 0 aliphatic rings. The molecule has 0 atom stereocenters. The molecule has 0 amide bonds. The van der Waals surface area contributed by atoms with Gasteiger partial charge in [-0.25, -0.2) is 4.39 Å². The molecule has 0 bridgehead atoms. The molecule has 0 radical (unpaired) electrons. The number of hydrogen-bond acceptors (Lipinski definition) is 2. The zero-order valence-corrected chi connectivity index (χ0v) is 9.36. The Kier molecular flexibility index (Phi) is 3.02. The molecule has 0 spiro atoms. The number of aromatic amines is 1. The summed E-state index contributed by atoms with van der Waals surface area (Å²) in [7, 11) is 0. The number of nitrogens with one attached hydrogen (secondary N) is 1. The van der Waals surface area contributed by atoms with E-state index in [-0.39, 0.29) is 18.2 Å². The molecule has 1 heterocycles. The summed E-state index contributed by atoms with van der Waals surface area (Å²) in [4.78, 5) is 0. The van der Waals surface area contributed by atoms with Crippen LogP contribution in [0.2, 0.25) is 0 Å². The van der Waals surface area contributed by atoms with E-state index >= 15 is 0 Å². The fourth-order valence-corrected chi connectivity index (χ4v) is 1.49. The van der Waals surface area contributed by atoms with Crippen LogP contribution in [0.25, 0.3) is 10.9 Å². The molecular weight excluding hydrogens is 217 g/mol. The van der Waals surface area contributed by atoms with Crippen LogP contribution in [0.4, 0.5) is 4.39 Å². The second-order valence-electron chi connectivity index (χ2n) is 3.96. The third-order valence-corrected chi connectivity index (χ3v) is 2.18. The molecule has 15 heavy (non-hydrogen) atoms. The Morgan fingerprint density at radius 2 is 2.07 bits per heavy atom. The highest BCUT2D eigenvalue weighted by atomic mass is 35.5. The van der Waals surface area contributed by atoms with E-state index in [1.807, 2.05) is 19.9 Å².